The highest BCUT2D eigenvalue weighted by atomic mass is 16.5. The third-order valence-corrected chi connectivity index (χ3v) is 5.35. The summed E-state index contributed by atoms with van der Waals surface area (Å²) in [5.74, 6) is -0.413. The van der Waals surface area contributed by atoms with E-state index in [9.17, 15) is 9.59 Å². The topological polar surface area (TPSA) is 85.0 Å². The van der Waals surface area contributed by atoms with Crippen molar-refractivity contribution < 1.29 is 14.3 Å². The Morgan fingerprint density at radius 1 is 0.933 bits per heavy atom. The maximum atomic E-state index is 13.3. The van der Waals surface area contributed by atoms with Crippen molar-refractivity contribution in [1.29, 1.82) is 0 Å². The van der Waals surface area contributed by atoms with Gasteiger partial charge in [0.1, 0.15) is 0 Å². The van der Waals surface area contributed by atoms with Crippen molar-refractivity contribution in [2.24, 2.45) is 10.7 Å². The van der Waals surface area contributed by atoms with Crippen LogP contribution in [0.4, 0.5) is 0 Å². The molecule has 0 radical (unpaired) electrons. The summed E-state index contributed by atoms with van der Waals surface area (Å²) in [4.78, 5) is 31.0. The number of nitrogens with zero attached hydrogens (tertiary/aromatic N) is 2. The SMILES string of the molecule is COC(=O)c1ccc(-c2cccc(C3(c4ccccc4)N=C(N)N(C)C3=O)c2)cc1. The Kier molecular flexibility index (Phi) is 4.83. The third-order valence-electron chi connectivity index (χ3n) is 5.35. The molecule has 1 heterocycles. The molecule has 4 rings (SSSR count). The van der Waals surface area contributed by atoms with Crippen LogP contribution in [0, 0.1) is 0 Å². The first-order valence-corrected chi connectivity index (χ1v) is 9.45. The monoisotopic (exact) mass is 399 g/mol. The Morgan fingerprint density at radius 3 is 2.20 bits per heavy atom. The molecule has 150 valence electrons. The van der Waals surface area contributed by atoms with Crippen LogP contribution < -0.4 is 5.73 Å². The molecule has 1 unspecified atom stereocenters. The number of aliphatic imine (C=N–C) groups is 1. The summed E-state index contributed by atoms with van der Waals surface area (Å²) in [7, 11) is 2.98. The van der Waals surface area contributed by atoms with E-state index in [1.807, 2.05) is 66.7 Å². The number of esters is 1. The number of methoxy groups -OCH3 is 1. The van der Waals surface area contributed by atoms with Crippen molar-refractivity contribution in [2.75, 3.05) is 14.2 Å². The molecule has 1 atom stereocenters. The molecule has 0 aromatic heterocycles. The molecule has 0 fully saturated rings. The minimum atomic E-state index is -1.23. The maximum absolute atomic E-state index is 13.3. The molecule has 3 aromatic carbocycles. The molecule has 1 aliphatic rings. The minimum Gasteiger partial charge on any atom is -0.465 e. The van der Waals surface area contributed by atoms with Crippen LogP contribution >= 0.6 is 0 Å². The van der Waals surface area contributed by atoms with Crippen LogP contribution in [0.1, 0.15) is 21.5 Å². The number of hydrogen-bond acceptors (Lipinski definition) is 5. The number of hydrogen-bond donors (Lipinski definition) is 1. The summed E-state index contributed by atoms with van der Waals surface area (Å²) in [6, 6.07) is 24.2. The van der Waals surface area contributed by atoms with Gasteiger partial charge in [0.05, 0.1) is 12.7 Å². The number of ether oxygens (including phenoxy) is 1. The van der Waals surface area contributed by atoms with Crippen LogP contribution in [0.25, 0.3) is 11.1 Å². The number of benzene rings is 3. The van der Waals surface area contributed by atoms with Crippen molar-refractivity contribution in [3.05, 3.63) is 95.6 Å². The van der Waals surface area contributed by atoms with Crippen molar-refractivity contribution in [3.63, 3.8) is 0 Å². The summed E-state index contributed by atoms with van der Waals surface area (Å²) < 4.78 is 4.75. The Balaban J connectivity index is 1.83. The first-order chi connectivity index (χ1) is 14.5. The molecule has 2 N–H and O–H groups in total. The summed E-state index contributed by atoms with van der Waals surface area (Å²) in [6.45, 7) is 0. The summed E-state index contributed by atoms with van der Waals surface area (Å²) in [5.41, 5.74) is 8.56. The van der Waals surface area contributed by atoms with Crippen molar-refractivity contribution in [1.82, 2.24) is 4.90 Å². The van der Waals surface area contributed by atoms with Gasteiger partial charge >= 0.3 is 5.97 Å². The highest BCUT2D eigenvalue weighted by Gasteiger charge is 2.49. The number of guanidine groups is 1. The van der Waals surface area contributed by atoms with Gasteiger partial charge in [-0.1, -0.05) is 60.7 Å². The van der Waals surface area contributed by atoms with Gasteiger partial charge in [-0.3, -0.25) is 9.69 Å². The fourth-order valence-corrected chi connectivity index (χ4v) is 3.70. The fourth-order valence-electron chi connectivity index (χ4n) is 3.70. The second-order valence-corrected chi connectivity index (χ2v) is 7.06. The smallest absolute Gasteiger partial charge is 0.337 e. The molecule has 0 aliphatic carbocycles. The standard InChI is InChI=1S/C24H21N3O3/c1-27-22(29)24(26-23(27)25,19-8-4-3-5-9-19)20-10-6-7-18(15-20)16-11-13-17(14-12-16)21(28)30-2/h3-15H,1-2H3,(H2,25,26). The van der Waals surface area contributed by atoms with E-state index >= 15 is 0 Å². The normalized spacial score (nSPS) is 18.3. The largest absolute Gasteiger partial charge is 0.465 e. The van der Waals surface area contributed by atoms with E-state index in [0.717, 1.165) is 22.3 Å². The summed E-state index contributed by atoms with van der Waals surface area (Å²) >= 11 is 0. The van der Waals surface area contributed by atoms with E-state index in [-0.39, 0.29) is 17.8 Å². The molecule has 0 spiro atoms. The number of amides is 1. The second-order valence-electron chi connectivity index (χ2n) is 7.06. The Labute approximate surface area is 174 Å². The van der Waals surface area contributed by atoms with E-state index in [1.165, 1.54) is 12.0 Å². The van der Waals surface area contributed by atoms with Crippen molar-refractivity contribution in [3.8, 4) is 11.1 Å². The molecular weight excluding hydrogens is 378 g/mol. The van der Waals surface area contributed by atoms with Crippen LogP contribution in [0.2, 0.25) is 0 Å². The summed E-state index contributed by atoms with van der Waals surface area (Å²) in [6.07, 6.45) is 0. The number of carbonyl (C=O) groups excluding carboxylic acids is 2. The minimum absolute atomic E-state index is 0.177. The van der Waals surface area contributed by atoms with Gasteiger partial charge in [0.25, 0.3) is 5.91 Å². The van der Waals surface area contributed by atoms with Gasteiger partial charge in [-0.2, -0.15) is 0 Å². The van der Waals surface area contributed by atoms with Crippen molar-refractivity contribution in [2.45, 2.75) is 5.54 Å². The van der Waals surface area contributed by atoms with Gasteiger partial charge in [-0.25, -0.2) is 9.79 Å². The Hall–Kier alpha value is -3.93. The molecule has 1 amide bonds. The van der Waals surface area contributed by atoms with Crippen molar-refractivity contribution >= 4 is 17.8 Å². The number of rotatable bonds is 4. The third kappa shape index (κ3) is 3.03. The zero-order valence-corrected chi connectivity index (χ0v) is 16.7. The molecule has 6 heteroatoms. The van der Waals surface area contributed by atoms with Crippen LogP contribution in [0.5, 0.6) is 0 Å². The van der Waals surface area contributed by atoms with E-state index in [2.05, 4.69) is 4.99 Å². The van der Waals surface area contributed by atoms with Gasteiger partial charge in [-0.15, -0.1) is 0 Å². The van der Waals surface area contributed by atoms with E-state index in [4.69, 9.17) is 10.5 Å². The second kappa shape index (κ2) is 7.48. The molecule has 0 saturated carbocycles. The van der Waals surface area contributed by atoms with Gasteiger partial charge in [-0.05, 0) is 40.5 Å². The Morgan fingerprint density at radius 2 is 1.60 bits per heavy atom. The number of nitrogens with two attached hydrogens (primary N) is 1. The molecule has 1 aliphatic heterocycles. The van der Waals surface area contributed by atoms with Gasteiger partial charge in [0, 0.05) is 7.05 Å². The average Bonchev–Trinajstić information content (AvgIpc) is 3.04. The number of carbonyl (C=O) groups is 2. The van der Waals surface area contributed by atoms with Crippen LogP contribution in [-0.4, -0.2) is 36.9 Å². The van der Waals surface area contributed by atoms with Crippen LogP contribution in [0.15, 0.2) is 83.9 Å². The Bertz CT molecular complexity index is 1140. The average molecular weight is 399 g/mol. The fraction of sp³-hybridized carbons (Fsp3) is 0.125. The van der Waals surface area contributed by atoms with Gasteiger partial charge < -0.3 is 10.5 Å². The van der Waals surface area contributed by atoms with Gasteiger partial charge in [0.2, 0.25) is 0 Å². The van der Waals surface area contributed by atoms with E-state index in [0.29, 0.717) is 5.56 Å². The molecular formula is C24H21N3O3. The van der Waals surface area contributed by atoms with Crippen LogP contribution in [0.3, 0.4) is 0 Å². The predicted octanol–water partition coefficient (Wildman–Crippen LogP) is 3.17. The predicted molar refractivity (Wildman–Crippen MR) is 115 cm³/mol. The summed E-state index contributed by atoms with van der Waals surface area (Å²) in [5, 5.41) is 0. The lowest BCUT2D eigenvalue weighted by Gasteiger charge is -2.26. The zero-order valence-electron chi connectivity index (χ0n) is 16.7. The lowest BCUT2D eigenvalue weighted by molar-refractivity contribution is -0.129. The molecule has 0 saturated heterocycles. The first-order valence-electron chi connectivity index (χ1n) is 9.45. The van der Waals surface area contributed by atoms with E-state index < -0.39 is 5.54 Å². The quantitative estimate of drug-likeness (QED) is 0.683. The van der Waals surface area contributed by atoms with Crippen LogP contribution in [-0.2, 0) is 15.1 Å². The molecule has 0 bridgehead atoms. The highest BCUT2D eigenvalue weighted by Crippen LogP contribution is 2.40. The lowest BCUT2D eigenvalue weighted by atomic mass is 9.82. The van der Waals surface area contributed by atoms with Gasteiger partial charge in [0.15, 0.2) is 11.5 Å². The van der Waals surface area contributed by atoms with E-state index in [1.54, 1.807) is 19.2 Å². The highest BCUT2D eigenvalue weighted by molar-refractivity contribution is 6.09. The lowest BCUT2D eigenvalue weighted by Crippen LogP contribution is -2.41. The number of likely N-dealkylation sites (N-methyl/N-ethyl adjacent to an activating group) is 1. The molecule has 6 nitrogen and oxygen atoms in total. The first kappa shape index (κ1) is 19.4. The molecule has 3 aromatic rings. The maximum Gasteiger partial charge on any atom is 0.337 e. The molecule has 30 heavy (non-hydrogen) atoms. The zero-order chi connectivity index (χ0) is 21.3.